The number of nitrogens with zero attached hydrogens (tertiary/aromatic N) is 1. The molecule has 0 radical (unpaired) electrons. The molecule has 4 rings (SSSR count). The van der Waals surface area contributed by atoms with Crippen molar-refractivity contribution in [3.8, 4) is 5.75 Å². The van der Waals surface area contributed by atoms with Gasteiger partial charge in [-0.3, -0.25) is 4.79 Å². The van der Waals surface area contributed by atoms with Crippen molar-refractivity contribution in [3.05, 3.63) is 71.0 Å². The third kappa shape index (κ3) is 7.73. The predicted octanol–water partition coefficient (Wildman–Crippen LogP) is 3.82. The second-order valence-electron chi connectivity index (χ2n) is 9.60. The zero-order valence-corrected chi connectivity index (χ0v) is 23.5. The Labute approximate surface area is 234 Å². The van der Waals surface area contributed by atoms with Gasteiger partial charge in [0, 0.05) is 36.5 Å². The van der Waals surface area contributed by atoms with Crippen molar-refractivity contribution < 1.29 is 32.5 Å². The zero-order chi connectivity index (χ0) is 27.8. The molecule has 2 N–H and O–H groups in total. The number of ether oxygens (including phenoxy) is 3. The highest BCUT2D eigenvalue weighted by Gasteiger charge is 2.31. The fourth-order valence-electron chi connectivity index (χ4n) is 4.83. The van der Waals surface area contributed by atoms with Crippen molar-refractivity contribution in [1.82, 2.24) is 9.62 Å². The summed E-state index contributed by atoms with van der Waals surface area (Å²) in [5, 5.41) is 13.2. The topological polar surface area (TPSA) is 114 Å². The van der Waals surface area contributed by atoms with Crippen LogP contribution in [0.2, 0.25) is 5.02 Å². The highest BCUT2D eigenvalue weighted by atomic mass is 35.5. The molecule has 1 heterocycles. The molecule has 1 aliphatic heterocycles. The average molecular weight is 579 g/mol. The number of carbonyl (C=O) groups excluding carboxylic acids is 1. The highest BCUT2D eigenvalue weighted by molar-refractivity contribution is 7.89. The molecule has 1 amide bonds. The Morgan fingerprint density at radius 1 is 1.10 bits per heavy atom. The van der Waals surface area contributed by atoms with E-state index < -0.39 is 16.3 Å². The smallest absolute Gasteiger partial charge is 0.286 e. The first-order valence-electron chi connectivity index (χ1n) is 13.1. The summed E-state index contributed by atoms with van der Waals surface area (Å²) in [6, 6.07) is 13.6. The standard InChI is InChI=1S/C28H35ClN2O7S/c1-36-24-10-12-25(13-11-24)39(34,35)31(14-16-32)15-17-37-27-19-21(20-6-8-22(29)9-7-20)18-26(38-27)28(33)30-23-4-2-3-5-23/h6-13,18,21,23,27,32H,2-5,14-17,19H2,1H3,(H,30,33)/t21-,27+/m1/s1. The number of benzene rings is 2. The monoisotopic (exact) mass is 578 g/mol. The number of methoxy groups -OCH3 is 1. The third-order valence-electron chi connectivity index (χ3n) is 6.96. The van der Waals surface area contributed by atoms with Gasteiger partial charge in [0.25, 0.3) is 5.91 Å². The van der Waals surface area contributed by atoms with Crippen LogP contribution in [0.15, 0.2) is 65.3 Å². The predicted molar refractivity (Wildman–Crippen MR) is 147 cm³/mol. The van der Waals surface area contributed by atoms with E-state index in [2.05, 4.69) is 5.32 Å². The molecule has 2 aromatic carbocycles. The van der Waals surface area contributed by atoms with Gasteiger partial charge < -0.3 is 24.6 Å². The molecule has 2 atom stereocenters. The van der Waals surface area contributed by atoms with Crippen molar-refractivity contribution in [2.45, 2.75) is 55.2 Å². The molecular weight excluding hydrogens is 544 g/mol. The molecule has 212 valence electrons. The molecule has 0 spiro atoms. The first kappa shape index (κ1) is 29.4. The molecule has 1 fully saturated rings. The first-order valence-corrected chi connectivity index (χ1v) is 14.9. The summed E-state index contributed by atoms with van der Waals surface area (Å²) in [6.07, 6.45) is 5.56. The largest absolute Gasteiger partial charge is 0.497 e. The number of hydrogen-bond acceptors (Lipinski definition) is 7. The maximum Gasteiger partial charge on any atom is 0.286 e. The molecule has 11 heteroatoms. The van der Waals surface area contributed by atoms with E-state index in [4.69, 9.17) is 25.8 Å². The Morgan fingerprint density at radius 2 is 1.79 bits per heavy atom. The minimum absolute atomic E-state index is 0.00487. The maximum atomic E-state index is 13.2. The Bertz CT molecular complexity index is 1230. The highest BCUT2D eigenvalue weighted by Crippen LogP contribution is 2.32. The molecule has 1 saturated carbocycles. The fraction of sp³-hybridized carbons (Fsp3) is 0.464. The van der Waals surface area contributed by atoms with Crippen LogP contribution in [0.1, 0.15) is 43.6 Å². The maximum absolute atomic E-state index is 13.2. The lowest BCUT2D eigenvalue weighted by atomic mass is 9.93. The summed E-state index contributed by atoms with van der Waals surface area (Å²) < 4.78 is 44.6. The van der Waals surface area contributed by atoms with Gasteiger partial charge in [-0.05, 0) is 60.9 Å². The minimum atomic E-state index is -3.88. The average Bonchev–Trinajstić information content (AvgIpc) is 3.46. The second kappa shape index (κ2) is 13.6. The molecule has 2 aromatic rings. The van der Waals surface area contributed by atoms with Crippen LogP contribution in [0.4, 0.5) is 0 Å². The van der Waals surface area contributed by atoms with E-state index in [9.17, 15) is 18.3 Å². The van der Waals surface area contributed by atoms with Crippen molar-refractivity contribution in [2.75, 3.05) is 33.4 Å². The molecule has 0 unspecified atom stereocenters. The number of halogens is 1. The van der Waals surface area contributed by atoms with Gasteiger partial charge in [-0.25, -0.2) is 8.42 Å². The van der Waals surface area contributed by atoms with Crippen LogP contribution in [-0.4, -0.2) is 69.5 Å². The van der Waals surface area contributed by atoms with Crippen molar-refractivity contribution >= 4 is 27.5 Å². The molecule has 0 aromatic heterocycles. The van der Waals surface area contributed by atoms with Crippen LogP contribution >= 0.6 is 11.6 Å². The molecule has 9 nitrogen and oxygen atoms in total. The minimum Gasteiger partial charge on any atom is -0.497 e. The summed E-state index contributed by atoms with van der Waals surface area (Å²) in [7, 11) is -2.38. The van der Waals surface area contributed by atoms with Crippen LogP contribution in [0.25, 0.3) is 0 Å². The van der Waals surface area contributed by atoms with Crippen LogP contribution in [-0.2, 0) is 24.3 Å². The lowest BCUT2D eigenvalue weighted by molar-refractivity contribution is -0.146. The third-order valence-corrected chi connectivity index (χ3v) is 9.13. The van der Waals surface area contributed by atoms with Gasteiger partial charge in [-0.2, -0.15) is 4.31 Å². The number of amides is 1. The Kier molecular flexibility index (Phi) is 10.3. The number of nitrogens with one attached hydrogen (secondary N) is 1. The number of rotatable bonds is 12. The van der Waals surface area contributed by atoms with E-state index in [1.54, 1.807) is 30.3 Å². The molecule has 0 bridgehead atoms. The lowest BCUT2D eigenvalue weighted by Gasteiger charge is -2.30. The van der Waals surface area contributed by atoms with Gasteiger partial charge in [0.15, 0.2) is 5.76 Å². The quantitative estimate of drug-likeness (QED) is 0.393. The normalized spacial score (nSPS) is 19.9. The van der Waals surface area contributed by atoms with Crippen molar-refractivity contribution in [1.29, 1.82) is 0 Å². The summed E-state index contributed by atoms with van der Waals surface area (Å²) >= 11 is 6.07. The summed E-state index contributed by atoms with van der Waals surface area (Å²) in [5.74, 6) is 0.299. The number of aliphatic hydroxyl groups excluding tert-OH is 1. The Balaban J connectivity index is 1.44. The molecule has 2 aliphatic rings. The molecule has 0 saturated heterocycles. The number of aliphatic hydroxyl groups is 1. The number of hydrogen-bond donors (Lipinski definition) is 2. The molecule has 1 aliphatic carbocycles. The van der Waals surface area contributed by atoms with E-state index in [1.807, 2.05) is 12.1 Å². The number of allylic oxidation sites excluding steroid dienone is 1. The number of carbonyl (C=O) groups is 1. The van der Waals surface area contributed by atoms with Crippen molar-refractivity contribution in [2.24, 2.45) is 0 Å². The van der Waals surface area contributed by atoms with Gasteiger partial charge in [0.1, 0.15) is 5.75 Å². The number of sulfonamides is 1. The van der Waals surface area contributed by atoms with E-state index in [-0.39, 0.29) is 54.8 Å². The van der Waals surface area contributed by atoms with Gasteiger partial charge in [-0.15, -0.1) is 0 Å². The van der Waals surface area contributed by atoms with Crippen LogP contribution in [0.3, 0.4) is 0 Å². The first-order chi connectivity index (χ1) is 18.8. The lowest BCUT2D eigenvalue weighted by Crippen LogP contribution is -2.39. The zero-order valence-electron chi connectivity index (χ0n) is 21.9. The Hall–Kier alpha value is -2.63. The molecule has 39 heavy (non-hydrogen) atoms. The van der Waals surface area contributed by atoms with E-state index in [0.717, 1.165) is 35.6 Å². The van der Waals surface area contributed by atoms with Crippen LogP contribution in [0.5, 0.6) is 5.75 Å². The van der Waals surface area contributed by atoms with E-state index in [0.29, 0.717) is 17.2 Å². The van der Waals surface area contributed by atoms with Crippen LogP contribution in [0, 0.1) is 0 Å². The SMILES string of the molecule is COc1ccc(S(=O)(=O)N(CCO)CCO[C@@H]2C[C@H](c3ccc(Cl)cc3)C=C(C(=O)NC3CCCC3)O2)cc1. The second-order valence-corrected chi connectivity index (χ2v) is 12.0. The Morgan fingerprint density at radius 3 is 2.44 bits per heavy atom. The van der Waals surface area contributed by atoms with Crippen molar-refractivity contribution in [3.63, 3.8) is 0 Å². The van der Waals surface area contributed by atoms with Gasteiger partial charge in [0.2, 0.25) is 16.3 Å². The summed E-state index contributed by atoms with van der Waals surface area (Å²) in [4.78, 5) is 13.1. The van der Waals surface area contributed by atoms with Gasteiger partial charge >= 0.3 is 0 Å². The molecular formula is C28H35ClN2O7S. The fourth-order valence-corrected chi connectivity index (χ4v) is 6.37. The van der Waals surface area contributed by atoms with Gasteiger partial charge in [-0.1, -0.05) is 36.6 Å². The van der Waals surface area contributed by atoms with Gasteiger partial charge in [0.05, 0.1) is 25.2 Å². The summed E-state index contributed by atoms with van der Waals surface area (Å²) in [6.45, 7) is -0.438. The van der Waals surface area contributed by atoms with E-state index in [1.165, 1.54) is 19.2 Å². The summed E-state index contributed by atoms with van der Waals surface area (Å²) in [5.41, 5.74) is 0.964. The van der Waals surface area contributed by atoms with Crippen LogP contribution < -0.4 is 10.1 Å². The van der Waals surface area contributed by atoms with E-state index >= 15 is 0 Å².